The maximum Gasteiger partial charge on any atom is 0.305 e. The molecule has 0 bridgehead atoms. The highest BCUT2D eigenvalue weighted by molar-refractivity contribution is 5.79. The van der Waals surface area contributed by atoms with Gasteiger partial charge in [0.1, 0.15) is 6.61 Å². The Morgan fingerprint density at radius 1 is 1.30 bits per heavy atom. The Kier molecular flexibility index (Phi) is 5.12. The van der Waals surface area contributed by atoms with Gasteiger partial charge in [0.05, 0.1) is 13.0 Å². The quantitative estimate of drug-likeness (QED) is 0.859. The number of carboxylic acids is 1. The molecule has 5 heteroatoms. The predicted molar refractivity (Wildman–Crippen MR) is 73.1 cm³/mol. The largest absolute Gasteiger partial charge is 0.481 e. The van der Waals surface area contributed by atoms with Crippen molar-refractivity contribution in [3.8, 4) is 0 Å². The molecule has 1 heterocycles. The molecule has 0 radical (unpaired) electrons. The van der Waals surface area contributed by atoms with Crippen LogP contribution in [0.4, 0.5) is 0 Å². The Morgan fingerprint density at radius 2 is 2.05 bits per heavy atom. The number of carbonyl (C=O) groups is 2. The molecule has 1 saturated heterocycles. The molecule has 0 aliphatic carbocycles. The number of carbonyl (C=O) groups excluding carboxylic acids is 1. The van der Waals surface area contributed by atoms with E-state index in [9.17, 15) is 9.59 Å². The molecule has 1 N–H and O–H groups in total. The molecular formula is C15H19NO4. The number of aliphatic carboxylic acids is 1. The molecule has 1 aliphatic heterocycles. The number of hydrogen-bond donors (Lipinski definition) is 1. The van der Waals surface area contributed by atoms with Gasteiger partial charge >= 0.3 is 5.97 Å². The molecule has 1 atom stereocenters. The second kappa shape index (κ2) is 7.05. The van der Waals surface area contributed by atoms with Gasteiger partial charge in [0.25, 0.3) is 0 Å². The van der Waals surface area contributed by atoms with Gasteiger partial charge in [-0.1, -0.05) is 30.3 Å². The molecule has 108 valence electrons. The summed E-state index contributed by atoms with van der Waals surface area (Å²) in [6.45, 7) is 1.03. The van der Waals surface area contributed by atoms with Crippen LogP contribution in [0.2, 0.25) is 0 Å². The molecule has 0 aromatic heterocycles. The van der Waals surface area contributed by atoms with Gasteiger partial charge in [0.15, 0.2) is 0 Å². The summed E-state index contributed by atoms with van der Waals surface area (Å²) in [7, 11) is 0. The molecule has 1 aromatic carbocycles. The zero-order chi connectivity index (χ0) is 14.4. The van der Waals surface area contributed by atoms with Gasteiger partial charge in [-0.15, -0.1) is 0 Å². The van der Waals surface area contributed by atoms with Crippen molar-refractivity contribution in [2.75, 3.05) is 13.2 Å². The minimum atomic E-state index is -0.861. The molecule has 1 fully saturated rings. The smallest absolute Gasteiger partial charge is 0.305 e. The fourth-order valence-electron chi connectivity index (χ4n) is 2.49. The van der Waals surface area contributed by atoms with Gasteiger partial charge < -0.3 is 14.7 Å². The van der Waals surface area contributed by atoms with E-state index < -0.39 is 5.97 Å². The molecule has 1 aliphatic rings. The van der Waals surface area contributed by atoms with Gasteiger partial charge in [0, 0.05) is 12.6 Å². The normalized spacial score (nSPS) is 18.2. The zero-order valence-electron chi connectivity index (χ0n) is 11.3. The molecule has 5 nitrogen and oxygen atoms in total. The molecule has 1 amide bonds. The van der Waals surface area contributed by atoms with Crippen molar-refractivity contribution in [1.29, 1.82) is 0 Å². The second-order valence-electron chi connectivity index (χ2n) is 4.96. The van der Waals surface area contributed by atoms with Crippen LogP contribution < -0.4 is 0 Å². The summed E-state index contributed by atoms with van der Waals surface area (Å²) >= 11 is 0. The summed E-state index contributed by atoms with van der Waals surface area (Å²) in [4.78, 5) is 24.4. The van der Waals surface area contributed by atoms with Crippen LogP contribution in [0.3, 0.4) is 0 Å². The lowest BCUT2D eigenvalue weighted by molar-refractivity contribution is -0.141. The second-order valence-corrected chi connectivity index (χ2v) is 4.96. The molecule has 1 unspecified atom stereocenters. The lowest BCUT2D eigenvalue weighted by atomic mass is 10.1. The van der Waals surface area contributed by atoms with Gasteiger partial charge in [0.2, 0.25) is 5.91 Å². The molecular weight excluding hydrogens is 258 g/mol. The van der Waals surface area contributed by atoms with E-state index in [1.54, 1.807) is 4.90 Å². The molecule has 2 rings (SSSR count). The Bertz CT molecular complexity index is 460. The van der Waals surface area contributed by atoms with Gasteiger partial charge in [-0.05, 0) is 18.4 Å². The van der Waals surface area contributed by atoms with Crippen molar-refractivity contribution in [2.45, 2.75) is 31.9 Å². The summed E-state index contributed by atoms with van der Waals surface area (Å²) in [6, 6.07) is 9.46. The van der Waals surface area contributed by atoms with Crippen LogP contribution in [-0.2, 0) is 20.9 Å². The van der Waals surface area contributed by atoms with Crippen molar-refractivity contribution < 1.29 is 19.4 Å². The fourth-order valence-corrected chi connectivity index (χ4v) is 2.49. The van der Waals surface area contributed by atoms with Crippen LogP contribution >= 0.6 is 0 Å². The number of likely N-dealkylation sites (tertiary alicyclic amines) is 1. The molecule has 0 saturated carbocycles. The van der Waals surface area contributed by atoms with Crippen molar-refractivity contribution in [1.82, 2.24) is 4.90 Å². The van der Waals surface area contributed by atoms with Crippen molar-refractivity contribution in [3.05, 3.63) is 35.9 Å². The summed E-state index contributed by atoms with van der Waals surface area (Å²) in [6.07, 6.45) is 1.64. The first kappa shape index (κ1) is 14.5. The number of amides is 1. The summed E-state index contributed by atoms with van der Waals surface area (Å²) in [5.74, 6) is -0.982. The van der Waals surface area contributed by atoms with Crippen molar-refractivity contribution >= 4 is 11.9 Å². The number of ether oxygens (including phenoxy) is 1. The summed E-state index contributed by atoms with van der Waals surface area (Å²) < 4.78 is 5.41. The van der Waals surface area contributed by atoms with E-state index in [1.165, 1.54) is 0 Å². The topological polar surface area (TPSA) is 66.8 Å². The lowest BCUT2D eigenvalue weighted by Crippen LogP contribution is -2.39. The average Bonchev–Trinajstić information content (AvgIpc) is 2.87. The highest BCUT2D eigenvalue weighted by atomic mass is 16.5. The van der Waals surface area contributed by atoms with Crippen molar-refractivity contribution in [3.63, 3.8) is 0 Å². The van der Waals surface area contributed by atoms with E-state index in [0.717, 1.165) is 18.4 Å². The highest BCUT2D eigenvalue weighted by Gasteiger charge is 2.30. The minimum absolute atomic E-state index is 0.00497. The maximum atomic E-state index is 12.0. The van der Waals surface area contributed by atoms with E-state index in [0.29, 0.717) is 13.2 Å². The average molecular weight is 277 g/mol. The van der Waals surface area contributed by atoms with E-state index in [4.69, 9.17) is 9.84 Å². The SMILES string of the molecule is O=C(O)CC1CCCN1C(=O)COCc1ccccc1. The van der Waals surface area contributed by atoms with Crippen LogP contribution in [0.1, 0.15) is 24.8 Å². The summed E-state index contributed by atoms with van der Waals surface area (Å²) in [5.41, 5.74) is 1.02. The van der Waals surface area contributed by atoms with E-state index in [1.807, 2.05) is 30.3 Å². The number of hydrogen-bond acceptors (Lipinski definition) is 3. The standard InChI is InChI=1S/C15H19NO4/c17-14(11-20-10-12-5-2-1-3-6-12)16-8-4-7-13(16)9-15(18)19/h1-3,5-6,13H,4,7-11H2,(H,18,19). The van der Waals surface area contributed by atoms with Gasteiger partial charge in [-0.25, -0.2) is 0 Å². The number of nitrogens with zero attached hydrogens (tertiary/aromatic N) is 1. The van der Waals surface area contributed by atoms with Gasteiger partial charge in [-0.2, -0.15) is 0 Å². The molecule has 0 spiro atoms. The lowest BCUT2D eigenvalue weighted by Gasteiger charge is -2.23. The monoisotopic (exact) mass is 277 g/mol. The number of carboxylic acid groups (broad SMARTS) is 1. The highest BCUT2D eigenvalue weighted by Crippen LogP contribution is 2.20. The first-order chi connectivity index (χ1) is 9.66. The third kappa shape index (κ3) is 4.06. The summed E-state index contributed by atoms with van der Waals surface area (Å²) in [5, 5.41) is 8.83. The molecule has 20 heavy (non-hydrogen) atoms. The third-order valence-electron chi connectivity index (χ3n) is 3.44. The van der Waals surface area contributed by atoms with Crippen molar-refractivity contribution in [2.24, 2.45) is 0 Å². The van der Waals surface area contributed by atoms with E-state index in [-0.39, 0.29) is 25.0 Å². The van der Waals surface area contributed by atoms with Crippen LogP contribution in [0.5, 0.6) is 0 Å². The third-order valence-corrected chi connectivity index (χ3v) is 3.44. The number of benzene rings is 1. The molecule has 1 aromatic rings. The predicted octanol–water partition coefficient (Wildman–Crippen LogP) is 1.67. The van der Waals surface area contributed by atoms with Crippen LogP contribution in [0, 0.1) is 0 Å². The van der Waals surface area contributed by atoms with Crippen LogP contribution in [0.15, 0.2) is 30.3 Å². The van der Waals surface area contributed by atoms with E-state index >= 15 is 0 Å². The van der Waals surface area contributed by atoms with E-state index in [2.05, 4.69) is 0 Å². The first-order valence-corrected chi connectivity index (χ1v) is 6.80. The Labute approximate surface area is 118 Å². The Morgan fingerprint density at radius 3 is 2.75 bits per heavy atom. The van der Waals surface area contributed by atoms with Gasteiger partial charge in [-0.3, -0.25) is 9.59 Å². The van der Waals surface area contributed by atoms with Crippen LogP contribution in [0.25, 0.3) is 0 Å². The minimum Gasteiger partial charge on any atom is -0.481 e. The maximum absolute atomic E-state index is 12.0. The van der Waals surface area contributed by atoms with Crippen LogP contribution in [-0.4, -0.2) is 41.1 Å². The Hall–Kier alpha value is -1.88. The zero-order valence-corrected chi connectivity index (χ0v) is 11.3. The Balaban J connectivity index is 1.78. The fraction of sp³-hybridized carbons (Fsp3) is 0.467. The number of rotatable bonds is 6. The first-order valence-electron chi connectivity index (χ1n) is 6.80.